The monoisotopic (exact) mass is 347 g/mol. The molecule has 1 atom stereocenters. The number of hydrazine groups is 1. The molecule has 110 valence electrons. The van der Waals surface area contributed by atoms with Gasteiger partial charge in [0.25, 0.3) is 0 Å². The summed E-state index contributed by atoms with van der Waals surface area (Å²) >= 11 is 3.45. The third-order valence-corrected chi connectivity index (χ3v) is 4.10. The van der Waals surface area contributed by atoms with Crippen LogP contribution in [0.5, 0.6) is 0 Å². The number of aromatic nitrogens is 2. The van der Waals surface area contributed by atoms with E-state index in [0.29, 0.717) is 11.7 Å². The minimum absolute atomic E-state index is 0.158. The summed E-state index contributed by atoms with van der Waals surface area (Å²) in [6.07, 6.45) is 2.32. The van der Waals surface area contributed by atoms with Crippen molar-refractivity contribution in [2.75, 3.05) is 10.7 Å². The van der Waals surface area contributed by atoms with Crippen LogP contribution in [0.25, 0.3) is 0 Å². The molecule has 3 rings (SSSR count). The van der Waals surface area contributed by atoms with Crippen LogP contribution in [0.2, 0.25) is 0 Å². The molecule has 2 aromatic rings. The highest BCUT2D eigenvalue weighted by atomic mass is 79.9. The van der Waals surface area contributed by atoms with Crippen molar-refractivity contribution in [3.05, 3.63) is 46.2 Å². The fraction of sp³-hybridized carbons (Fsp3) is 0.333. The van der Waals surface area contributed by atoms with Crippen LogP contribution in [0.3, 0.4) is 0 Å². The molecule has 0 aliphatic heterocycles. The Morgan fingerprint density at radius 3 is 2.48 bits per heavy atom. The van der Waals surface area contributed by atoms with Crippen molar-refractivity contribution in [2.24, 2.45) is 5.84 Å². The summed E-state index contributed by atoms with van der Waals surface area (Å²) in [7, 11) is 0. The number of nitrogens with one attached hydrogen (secondary N) is 2. The van der Waals surface area contributed by atoms with Gasteiger partial charge in [-0.15, -0.1) is 0 Å². The summed E-state index contributed by atoms with van der Waals surface area (Å²) in [5.41, 5.74) is 3.81. The number of hydrogen-bond acceptors (Lipinski definition) is 5. The predicted molar refractivity (Wildman–Crippen MR) is 88.0 cm³/mol. The highest BCUT2D eigenvalue weighted by Gasteiger charge is 2.27. The van der Waals surface area contributed by atoms with Gasteiger partial charge in [-0.2, -0.15) is 0 Å². The quantitative estimate of drug-likeness (QED) is 0.569. The van der Waals surface area contributed by atoms with E-state index in [1.165, 1.54) is 5.56 Å². The van der Waals surface area contributed by atoms with Gasteiger partial charge in [0.05, 0.1) is 0 Å². The minimum Gasteiger partial charge on any atom is -0.363 e. The zero-order valence-electron chi connectivity index (χ0n) is 11.8. The summed E-state index contributed by atoms with van der Waals surface area (Å²) in [4.78, 5) is 9.01. The SMILES string of the molecule is CC(Nc1cc(NN)nc(C2CC2)n1)c1ccc(Br)cc1. The lowest BCUT2D eigenvalue weighted by atomic mass is 10.1. The first kappa shape index (κ1) is 14.3. The van der Waals surface area contributed by atoms with Crippen LogP contribution >= 0.6 is 15.9 Å². The van der Waals surface area contributed by atoms with E-state index in [2.05, 4.69) is 55.7 Å². The number of nitrogen functional groups attached to an aromatic ring is 1. The maximum Gasteiger partial charge on any atom is 0.145 e. The molecule has 4 N–H and O–H groups in total. The predicted octanol–water partition coefficient (Wildman–Crippen LogP) is 3.58. The summed E-state index contributed by atoms with van der Waals surface area (Å²) in [5, 5.41) is 3.41. The van der Waals surface area contributed by atoms with Gasteiger partial charge in [-0.05, 0) is 37.5 Å². The molecule has 1 unspecified atom stereocenters. The second kappa shape index (κ2) is 5.99. The Hall–Kier alpha value is -1.66. The van der Waals surface area contributed by atoms with Crippen molar-refractivity contribution in [3.8, 4) is 0 Å². The summed E-state index contributed by atoms with van der Waals surface area (Å²) in [6, 6.07) is 10.2. The zero-order valence-corrected chi connectivity index (χ0v) is 13.4. The molecule has 0 saturated heterocycles. The van der Waals surface area contributed by atoms with E-state index in [-0.39, 0.29) is 6.04 Å². The molecule has 1 aliphatic carbocycles. The summed E-state index contributed by atoms with van der Waals surface area (Å²) in [6.45, 7) is 2.11. The molecule has 0 amide bonds. The lowest BCUT2D eigenvalue weighted by molar-refractivity contribution is 0.854. The van der Waals surface area contributed by atoms with Crippen LogP contribution in [0.4, 0.5) is 11.6 Å². The van der Waals surface area contributed by atoms with Crippen molar-refractivity contribution in [1.82, 2.24) is 9.97 Å². The number of hydrogen-bond donors (Lipinski definition) is 3. The van der Waals surface area contributed by atoms with Gasteiger partial charge in [-0.25, -0.2) is 15.8 Å². The van der Waals surface area contributed by atoms with Crippen LogP contribution < -0.4 is 16.6 Å². The molecule has 0 spiro atoms. The van der Waals surface area contributed by atoms with E-state index in [1.807, 2.05) is 18.2 Å². The molecule has 1 saturated carbocycles. The van der Waals surface area contributed by atoms with Crippen molar-refractivity contribution < 1.29 is 0 Å². The maximum atomic E-state index is 5.49. The Bertz CT molecular complexity index is 624. The Morgan fingerprint density at radius 1 is 1.19 bits per heavy atom. The molecule has 6 heteroatoms. The fourth-order valence-electron chi connectivity index (χ4n) is 2.19. The number of rotatable bonds is 5. The second-order valence-corrected chi connectivity index (χ2v) is 6.25. The molecule has 1 aromatic carbocycles. The molecule has 1 heterocycles. The molecule has 0 radical (unpaired) electrons. The first-order chi connectivity index (χ1) is 10.2. The van der Waals surface area contributed by atoms with Gasteiger partial charge < -0.3 is 10.7 Å². The topological polar surface area (TPSA) is 75.9 Å². The molecule has 1 aliphatic rings. The first-order valence-electron chi connectivity index (χ1n) is 7.03. The highest BCUT2D eigenvalue weighted by molar-refractivity contribution is 9.10. The van der Waals surface area contributed by atoms with Gasteiger partial charge in [0.1, 0.15) is 17.5 Å². The van der Waals surface area contributed by atoms with Crippen LogP contribution in [0.1, 0.15) is 43.1 Å². The smallest absolute Gasteiger partial charge is 0.145 e. The Morgan fingerprint density at radius 2 is 1.86 bits per heavy atom. The van der Waals surface area contributed by atoms with E-state index in [9.17, 15) is 0 Å². The van der Waals surface area contributed by atoms with Crippen molar-refractivity contribution in [3.63, 3.8) is 0 Å². The Labute approximate surface area is 132 Å². The van der Waals surface area contributed by atoms with Crippen LogP contribution in [-0.4, -0.2) is 9.97 Å². The van der Waals surface area contributed by atoms with E-state index in [4.69, 9.17) is 5.84 Å². The van der Waals surface area contributed by atoms with Crippen molar-refractivity contribution in [2.45, 2.75) is 31.7 Å². The zero-order chi connectivity index (χ0) is 14.8. The standard InChI is InChI=1S/C15H18BrN5/c1-9(10-4-6-12(16)7-5-10)18-13-8-14(21-17)20-15(19-13)11-2-3-11/h4-9,11H,2-3,17H2,1H3,(H2,18,19,20,21). The van der Waals surface area contributed by atoms with Gasteiger partial charge in [-0.1, -0.05) is 28.1 Å². The van der Waals surface area contributed by atoms with Crippen LogP contribution in [0, 0.1) is 0 Å². The maximum absolute atomic E-state index is 5.49. The third-order valence-electron chi connectivity index (χ3n) is 3.57. The summed E-state index contributed by atoms with van der Waals surface area (Å²) in [5.74, 6) is 8.30. The molecule has 1 fully saturated rings. The van der Waals surface area contributed by atoms with Gasteiger partial charge in [-0.3, -0.25) is 0 Å². The normalized spacial score (nSPS) is 15.6. The molecular formula is C15H18BrN5. The van der Waals surface area contributed by atoms with Gasteiger partial charge in [0.15, 0.2) is 0 Å². The largest absolute Gasteiger partial charge is 0.363 e. The van der Waals surface area contributed by atoms with E-state index in [1.54, 1.807) is 0 Å². The number of nitrogens with zero attached hydrogens (tertiary/aromatic N) is 2. The van der Waals surface area contributed by atoms with Crippen molar-refractivity contribution >= 4 is 27.6 Å². The fourth-order valence-corrected chi connectivity index (χ4v) is 2.46. The highest BCUT2D eigenvalue weighted by Crippen LogP contribution is 2.39. The third kappa shape index (κ3) is 3.51. The van der Waals surface area contributed by atoms with Gasteiger partial charge in [0.2, 0.25) is 0 Å². The first-order valence-corrected chi connectivity index (χ1v) is 7.82. The molecule has 1 aromatic heterocycles. The van der Waals surface area contributed by atoms with Crippen molar-refractivity contribution in [1.29, 1.82) is 0 Å². The lowest BCUT2D eigenvalue weighted by Gasteiger charge is -2.16. The lowest BCUT2D eigenvalue weighted by Crippen LogP contribution is -2.13. The second-order valence-electron chi connectivity index (χ2n) is 5.33. The van der Waals surface area contributed by atoms with E-state index >= 15 is 0 Å². The van der Waals surface area contributed by atoms with E-state index < -0.39 is 0 Å². The minimum atomic E-state index is 0.158. The molecule has 0 bridgehead atoms. The summed E-state index contributed by atoms with van der Waals surface area (Å²) < 4.78 is 1.08. The Balaban J connectivity index is 1.79. The van der Waals surface area contributed by atoms with E-state index in [0.717, 1.165) is 29.0 Å². The number of halogens is 1. The average Bonchev–Trinajstić information content (AvgIpc) is 3.32. The average molecular weight is 348 g/mol. The Kier molecular flexibility index (Phi) is 4.07. The molecule has 21 heavy (non-hydrogen) atoms. The van der Waals surface area contributed by atoms with Crippen LogP contribution in [0.15, 0.2) is 34.8 Å². The molecule has 5 nitrogen and oxygen atoms in total. The van der Waals surface area contributed by atoms with Gasteiger partial charge in [0, 0.05) is 22.5 Å². The number of anilines is 2. The number of nitrogens with two attached hydrogens (primary N) is 1. The number of benzene rings is 1. The van der Waals surface area contributed by atoms with Crippen LogP contribution in [-0.2, 0) is 0 Å². The van der Waals surface area contributed by atoms with Gasteiger partial charge >= 0.3 is 0 Å². The molecular weight excluding hydrogens is 330 g/mol.